The van der Waals surface area contributed by atoms with Gasteiger partial charge in [-0.25, -0.2) is 0 Å². The van der Waals surface area contributed by atoms with E-state index in [1.54, 1.807) is 12.1 Å². The summed E-state index contributed by atoms with van der Waals surface area (Å²) in [5.41, 5.74) is 6.88. The quantitative estimate of drug-likeness (QED) is 0.487. The molecule has 1 aliphatic carbocycles. The summed E-state index contributed by atoms with van der Waals surface area (Å²) in [5.74, 6) is 1.66. The predicted octanol–water partition coefficient (Wildman–Crippen LogP) is 3.81. The van der Waals surface area contributed by atoms with E-state index in [1.807, 2.05) is 0 Å². The summed E-state index contributed by atoms with van der Waals surface area (Å²) in [6.45, 7) is 3.17. The molecule has 0 spiro atoms. The molecule has 1 fully saturated rings. The Kier molecular flexibility index (Phi) is 4.82. The molecule has 0 saturated heterocycles. The molecule has 0 amide bonds. The first kappa shape index (κ1) is 14.6. The van der Waals surface area contributed by atoms with Crippen molar-refractivity contribution in [3.05, 3.63) is 28.3 Å². The molecule has 3 N–H and O–H groups in total. The van der Waals surface area contributed by atoms with E-state index in [4.69, 9.17) is 5.73 Å². The van der Waals surface area contributed by atoms with E-state index in [0.717, 1.165) is 30.5 Å². The van der Waals surface area contributed by atoms with Gasteiger partial charge in [0.15, 0.2) is 0 Å². The van der Waals surface area contributed by atoms with Gasteiger partial charge in [0.2, 0.25) is 0 Å². The molecule has 5 nitrogen and oxygen atoms in total. The maximum Gasteiger partial charge on any atom is 0.273 e. The van der Waals surface area contributed by atoms with Crippen LogP contribution in [0.15, 0.2) is 18.2 Å². The topological polar surface area (TPSA) is 81.2 Å². The number of nitrogens with zero attached hydrogens (tertiary/aromatic N) is 1. The minimum Gasteiger partial charge on any atom is -0.398 e. The average molecular weight is 277 g/mol. The second-order valence-electron chi connectivity index (χ2n) is 5.91. The van der Waals surface area contributed by atoms with E-state index in [0.29, 0.717) is 5.69 Å². The summed E-state index contributed by atoms with van der Waals surface area (Å²) >= 11 is 0. The summed E-state index contributed by atoms with van der Waals surface area (Å²) < 4.78 is 0. The molecule has 0 heterocycles. The molecule has 1 aromatic carbocycles. The normalized spacial score (nSPS) is 22.4. The Morgan fingerprint density at radius 2 is 2.00 bits per heavy atom. The van der Waals surface area contributed by atoms with Crippen LogP contribution in [-0.4, -0.2) is 11.5 Å². The average Bonchev–Trinajstić information content (AvgIpc) is 2.40. The zero-order valence-electron chi connectivity index (χ0n) is 12.0. The van der Waals surface area contributed by atoms with E-state index in [2.05, 4.69) is 12.2 Å². The Morgan fingerprint density at radius 3 is 2.65 bits per heavy atom. The van der Waals surface area contributed by atoms with Crippen molar-refractivity contribution in [3.8, 4) is 0 Å². The van der Waals surface area contributed by atoms with Crippen molar-refractivity contribution in [2.24, 2.45) is 11.8 Å². The third-order valence-corrected chi connectivity index (χ3v) is 4.17. The molecule has 5 heteroatoms. The van der Waals surface area contributed by atoms with Gasteiger partial charge in [0, 0.05) is 30.1 Å². The highest BCUT2D eigenvalue weighted by Gasteiger charge is 2.17. The summed E-state index contributed by atoms with van der Waals surface area (Å²) in [7, 11) is 0. The zero-order valence-corrected chi connectivity index (χ0v) is 12.0. The maximum absolute atomic E-state index is 10.8. The third kappa shape index (κ3) is 4.11. The molecule has 20 heavy (non-hydrogen) atoms. The fraction of sp³-hybridized carbons (Fsp3) is 0.600. The SMILES string of the molecule is CC1CCC(CCNc2cc(N)cc([N+](=O)[O-])c2)CC1. The number of hydrogen-bond acceptors (Lipinski definition) is 4. The van der Waals surface area contributed by atoms with E-state index < -0.39 is 4.92 Å². The van der Waals surface area contributed by atoms with Gasteiger partial charge < -0.3 is 11.1 Å². The lowest BCUT2D eigenvalue weighted by Crippen LogP contribution is -2.15. The molecule has 0 atom stereocenters. The molecular weight excluding hydrogens is 254 g/mol. The van der Waals surface area contributed by atoms with Crippen LogP contribution in [0, 0.1) is 22.0 Å². The number of nitro benzene ring substituents is 1. The Labute approximate surface area is 119 Å². The van der Waals surface area contributed by atoms with Crippen LogP contribution in [0.4, 0.5) is 17.1 Å². The highest BCUT2D eigenvalue weighted by molar-refractivity contribution is 5.61. The molecule has 1 aromatic rings. The second kappa shape index (κ2) is 6.59. The van der Waals surface area contributed by atoms with Gasteiger partial charge in [-0.05, 0) is 24.3 Å². The van der Waals surface area contributed by atoms with Crippen LogP contribution in [0.3, 0.4) is 0 Å². The number of hydrogen-bond donors (Lipinski definition) is 2. The molecule has 0 unspecified atom stereocenters. The number of nitrogens with two attached hydrogens (primary N) is 1. The number of non-ortho nitro benzene ring substituents is 1. The highest BCUT2D eigenvalue weighted by atomic mass is 16.6. The predicted molar refractivity (Wildman–Crippen MR) is 81.7 cm³/mol. The van der Waals surface area contributed by atoms with Gasteiger partial charge in [-0.15, -0.1) is 0 Å². The maximum atomic E-state index is 10.8. The van der Waals surface area contributed by atoms with Crippen LogP contribution in [-0.2, 0) is 0 Å². The minimum absolute atomic E-state index is 0.0407. The van der Waals surface area contributed by atoms with Crippen LogP contribution < -0.4 is 11.1 Å². The molecule has 0 aliphatic heterocycles. The van der Waals surface area contributed by atoms with Crippen molar-refractivity contribution in [1.29, 1.82) is 0 Å². The summed E-state index contributed by atoms with van der Waals surface area (Å²) in [4.78, 5) is 10.4. The number of nitrogen functional groups attached to an aromatic ring is 1. The highest BCUT2D eigenvalue weighted by Crippen LogP contribution is 2.30. The largest absolute Gasteiger partial charge is 0.398 e. The summed E-state index contributed by atoms with van der Waals surface area (Å²) in [6.07, 6.45) is 6.39. The number of anilines is 2. The van der Waals surface area contributed by atoms with Gasteiger partial charge in [0.1, 0.15) is 0 Å². The van der Waals surface area contributed by atoms with E-state index in [9.17, 15) is 10.1 Å². The van der Waals surface area contributed by atoms with Crippen LogP contribution in [0.5, 0.6) is 0 Å². The molecule has 1 saturated carbocycles. The molecule has 2 rings (SSSR count). The van der Waals surface area contributed by atoms with Crippen molar-refractivity contribution < 1.29 is 4.92 Å². The van der Waals surface area contributed by atoms with Crippen LogP contribution in [0.1, 0.15) is 39.0 Å². The summed E-state index contributed by atoms with van der Waals surface area (Å²) in [6, 6.07) is 4.67. The van der Waals surface area contributed by atoms with Gasteiger partial charge in [0.25, 0.3) is 5.69 Å². The molecule has 1 aliphatic rings. The third-order valence-electron chi connectivity index (χ3n) is 4.17. The first-order valence-corrected chi connectivity index (χ1v) is 7.33. The van der Waals surface area contributed by atoms with Crippen molar-refractivity contribution >= 4 is 17.1 Å². The van der Waals surface area contributed by atoms with Gasteiger partial charge in [-0.2, -0.15) is 0 Å². The smallest absolute Gasteiger partial charge is 0.273 e. The second-order valence-corrected chi connectivity index (χ2v) is 5.91. The molecule has 0 bridgehead atoms. The summed E-state index contributed by atoms with van der Waals surface area (Å²) in [5, 5.41) is 14.0. The lowest BCUT2D eigenvalue weighted by atomic mass is 9.81. The number of nitrogens with one attached hydrogen (secondary N) is 1. The number of rotatable bonds is 5. The van der Waals surface area contributed by atoms with Gasteiger partial charge in [0.05, 0.1) is 4.92 Å². The first-order valence-electron chi connectivity index (χ1n) is 7.33. The van der Waals surface area contributed by atoms with E-state index in [-0.39, 0.29) is 5.69 Å². The van der Waals surface area contributed by atoms with Crippen LogP contribution in [0.2, 0.25) is 0 Å². The fourth-order valence-corrected chi connectivity index (χ4v) is 2.88. The van der Waals surface area contributed by atoms with Crippen LogP contribution in [0.25, 0.3) is 0 Å². The van der Waals surface area contributed by atoms with Crippen molar-refractivity contribution in [2.75, 3.05) is 17.6 Å². The standard InChI is InChI=1S/C15H23N3O2/c1-11-2-4-12(5-3-11)6-7-17-14-8-13(16)9-15(10-14)18(19)20/h8-12,17H,2-7,16H2,1H3. The Hall–Kier alpha value is -1.78. The van der Waals surface area contributed by atoms with Gasteiger partial charge in [-0.3, -0.25) is 10.1 Å². The van der Waals surface area contributed by atoms with E-state index >= 15 is 0 Å². The van der Waals surface area contributed by atoms with Crippen molar-refractivity contribution in [3.63, 3.8) is 0 Å². The number of benzene rings is 1. The fourth-order valence-electron chi connectivity index (χ4n) is 2.88. The Balaban J connectivity index is 1.83. The van der Waals surface area contributed by atoms with Crippen LogP contribution >= 0.6 is 0 Å². The Bertz CT molecular complexity index is 468. The monoisotopic (exact) mass is 277 g/mol. The first-order chi connectivity index (χ1) is 9.54. The number of nitro groups is 1. The molecular formula is C15H23N3O2. The minimum atomic E-state index is -0.413. The lowest BCUT2D eigenvalue weighted by Gasteiger charge is -2.26. The lowest BCUT2D eigenvalue weighted by molar-refractivity contribution is -0.384. The van der Waals surface area contributed by atoms with Crippen molar-refractivity contribution in [2.45, 2.75) is 39.0 Å². The zero-order chi connectivity index (χ0) is 14.5. The van der Waals surface area contributed by atoms with E-state index in [1.165, 1.54) is 31.7 Å². The molecule has 0 radical (unpaired) electrons. The van der Waals surface area contributed by atoms with Gasteiger partial charge >= 0.3 is 0 Å². The molecule has 110 valence electrons. The molecule has 0 aromatic heterocycles. The Morgan fingerprint density at radius 1 is 1.30 bits per heavy atom. The van der Waals surface area contributed by atoms with Crippen molar-refractivity contribution in [1.82, 2.24) is 0 Å². The van der Waals surface area contributed by atoms with Gasteiger partial charge in [-0.1, -0.05) is 32.6 Å².